The molecule has 1 heterocycles. The molecule has 4 heteroatoms. The first kappa shape index (κ1) is 15.3. The third kappa shape index (κ3) is 4.48. The SMILES string of the molecule is CCC(CO)C1CCN(C(=O)OC(C)(C)C)CC1. The third-order valence-corrected chi connectivity index (χ3v) is 3.62. The van der Waals surface area contributed by atoms with Crippen molar-refractivity contribution in [2.75, 3.05) is 19.7 Å². The number of amides is 1. The Morgan fingerprint density at radius 3 is 2.33 bits per heavy atom. The lowest BCUT2D eigenvalue weighted by Gasteiger charge is -2.36. The standard InChI is InChI=1S/C14H27NO3/c1-5-11(10-16)12-6-8-15(9-7-12)13(17)18-14(2,3)4/h11-12,16H,5-10H2,1-4H3. The number of ether oxygens (including phenoxy) is 1. The lowest BCUT2D eigenvalue weighted by atomic mass is 9.83. The zero-order chi connectivity index (χ0) is 13.8. The summed E-state index contributed by atoms with van der Waals surface area (Å²) in [7, 11) is 0. The van der Waals surface area contributed by atoms with Crippen LogP contribution in [0.15, 0.2) is 0 Å². The van der Waals surface area contributed by atoms with Crippen LogP contribution in [0.5, 0.6) is 0 Å². The van der Waals surface area contributed by atoms with E-state index in [-0.39, 0.29) is 12.7 Å². The molecule has 0 aliphatic carbocycles. The van der Waals surface area contributed by atoms with Crippen molar-refractivity contribution >= 4 is 6.09 Å². The van der Waals surface area contributed by atoms with Gasteiger partial charge in [-0.1, -0.05) is 13.3 Å². The zero-order valence-corrected chi connectivity index (χ0v) is 12.1. The van der Waals surface area contributed by atoms with Crippen LogP contribution in [0.1, 0.15) is 47.0 Å². The second-order valence-electron chi connectivity index (χ2n) is 6.16. The van der Waals surface area contributed by atoms with Crippen LogP contribution in [0.25, 0.3) is 0 Å². The molecular formula is C14H27NO3. The summed E-state index contributed by atoms with van der Waals surface area (Å²) in [6.45, 7) is 9.52. The van der Waals surface area contributed by atoms with Gasteiger partial charge in [-0.25, -0.2) is 4.79 Å². The van der Waals surface area contributed by atoms with Crippen molar-refractivity contribution in [2.24, 2.45) is 11.8 Å². The summed E-state index contributed by atoms with van der Waals surface area (Å²) in [4.78, 5) is 13.7. The smallest absolute Gasteiger partial charge is 0.410 e. The maximum atomic E-state index is 11.9. The Kier molecular flexibility index (Phi) is 5.45. The van der Waals surface area contributed by atoms with E-state index in [1.807, 2.05) is 20.8 Å². The average Bonchev–Trinajstić information content (AvgIpc) is 2.29. The summed E-state index contributed by atoms with van der Waals surface area (Å²) >= 11 is 0. The Morgan fingerprint density at radius 2 is 1.94 bits per heavy atom. The van der Waals surface area contributed by atoms with E-state index in [1.54, 1.807) is 4.90 Å². The van der Waals surface area contributed by atoms with Crippen LogP contribution in [0.2, 0.25) is 0 Å². The molecule has 0 aromatic rings. The fourth-order valence-corrected chi connectivity index (χ4v) is 2.49. The molecular weight excluding hydrogens is 230 g/mol. The molecule has 0 aromatic carbocycles. The minimum absolute atomic E-state index is 0.210. The normalized spacial score (nSPS) is 19.7. The van der Waals surface area contributed by atoms with Crippen LogP contribution in [0.3, 0.4) is 0 Å². The number of hydrogen-bond acceptors (Lipinski definition) is 3. The number of hydrogen-bond donors (Lipinski definition) is 1. The number of rotatable bonds is 3. The van der Waals surface area contributed by atoms with Gasteiger partial charge in [0.1, 0.15) is 5.60 Å². The van der Waals surface area contributed by atoms with Crippen LogP contribution in [0, 0.1) is 11.8 Å². The molecule has 1 aliphatic heterocycles. The first-order chi connectivity index (χ1) is 8.37. The first-order valence-corrected chi connectivity index (χ1v) is 6.96. The lowest BCUT2D eigenvalue weighted by molar-refractivity contribution is 0.0140. The van der Waals surface area contributed by atoms with Gasteiger partial charge in [-0.05, 0) is 45.4 Å². The second kappa shape index (κ2) is 6.41. The van der Waals surface area contributed by atoms with Crippen LogP contribution >= 0.6 is 0 Å². The zero-order valence-electron chi connectivity index (χ0n) is 12.1. The highest BCUT2D eigenvalue weighted by Gasteiger charge is 2.29. The van der Waals surface area contributed by atoms with E-state index in [1.165, 1.54) is 0 Å². The summed E-state index contributed by atoms with van der Waals surface area (Å²) in [6, 6.07) is 0. The van der Waals surface area contributed by atoms with Crippen LogP contribution in [-0.2, 0) is 4.74 Å². The van der Waals surface area contributed by atoms with Gasteiger partial charge in [0.05, 0.1) is 0 Å². The maximum Gasteiger partial charge on any atom is 0.410 e. The number of aliphatic hydroxyl groups is 1. The molecule has 1 N–H and O–H groups in total. The van der Waals surface area contributed by atoms with Gasteiger partial charge in [0, 0.05) is 19.7 Å². The predicted molar refractivity (Wildman–Crippen MR) is 71.4 cm³/mol. The summed E-state index contributed by atoms with van der Waals surface area (Å²) in [5.74, 6) is 0.921. The van der Waals surface area contributed by atoms with Gasteiger partial charge in [-0.2, -0.15) is 0 Å². The number of piperidine rings is 1. The summed E-state index contributed by atoms with van der Waals surface area (Å²) in [5.41, 5.74) is -0.426. The Balaban J connectivity index is 2.41. The lowest BCUT2D eigenvalue weighted by Crippen LogP contribution is -2.43. The van der Waals surface area contributed by atoms with Crippen molar-refractivity contribution in [1.29, 1.82) is 0 Å². The van der Waals surface area contributed by atoms with Crippen LogP contribution in [0.4, 0.5) is 4.79 Å². The van der Waals surface area contributed by atoms with Crippen LogP contribution in [-0.4, -0.2) is 41.4 Å². The van der Waals surface area contributed by atoms with Crippen molar-refractivity contribution in [2.45, 2.75) is 52.6 Å². The molecule has 0 spiro atoms. The summed E-state index contributed by atoms with van der Waals surface area (Å²) in [6.07, 6.45) is 2.74. The molecule has 0 aromatic heterocycles. The number of aliphatic hydroxyl groups excluding tert-OH is 1. The summed E-state index contributed by atoms with van der Waals surface area (Å²) in [5, 5.41) is 9.30. The highest BCUT2D eigenvalue weighted by atomic mass is 16.6. The first-order valence-electron chi connectivity index (χ1n) is 6.96. The predicted octanol–water partition coefficient (Wildman–Crippen LogP) is 2.65. The van der Waals surface area contributed by atoms with Gasteiger partial charge in [-0.3, -0.25) is 0 Å². The van der Waals surface area contributed by atoms with Crippen molar-refractivity contribution in [1.82, 2.24) is 4.90 Å². The molecule has 106 valence electrons. The molecule has 1 unspecified atom stereocenters. The van der Waals surface area contributed by atoms with Gasteiger partial charge in [-0.15, -0.1) is 0 Å². The van der Waals surface area contributed by atoms with Crippen molar-refractivity contribution in [3.05, 3.63) is 0 Å². The molecule has 1 saturated heterocycles. The molecule has 0 saturated carbocycles. The molecule has 1 fully saturated rings. The van der Waals surface area contributed by atoms with E-state index in [0.29, 0.717) is 11.8 Å². The van der Waals surface area contributed by atoms with Crippen LogP contribution < -0.4 is 0 Å². The fourth-order valence-electron chi connectivity index (χ4n) is 2.49. The molecule has 18 heavy (non-hydrogen) atoms. The van der Waals surface area contributed by atoms with Gasteiger partial charge in [0.15, 0.2) is 0 Å². The van der Waals surface area contributed by atoms with Crippen molar-refractivity contribution in [3.63, 3.8) is 0 Å². The average molecular weight is 257 g/mol. The minimum atomic E-state index is -0.426. The molecule has 1 rings (SSSR count). The number of carbonyl (C=O) groups is 1. The van der Waals surface area contributed by atoms with E-state index >= 15 is 0 Å². The molecule has 4 nitrogen and oxygen atoms in total. The minimum Gasteiger partial charge on any atom is -0.444 e. The van der Waals surface area contributed by atoms with Gasteiger partial charge in [0.25, 0.3) is 0 Å². The van der Waals surface area contributed by atoms with Crippen molar-refractivity contribution < 1.29 is 14.6 Å². The largest absolute Gasteiger partial charge is 0.444 e. The summed E-state index contributed by atoms with van der Waals surface area (Å²) < 4.78 is 5.36. The molecule has 1 atom stereocenters. The molecule has 0 radical (unpaired) electrons. The van der Waals surface area contributed by atoms with E-state index in [9.17, 15) is 9.90 Å². The monoisotopic (exact) mass is 257 g/mol. The molecule has 1 amide bonds. The molecule has 0 bridgehead atoms. The third-order valence-electron chi connectivity index (χ3n) is 3.62. The van der Waals surface area contributed by atoms with Gasteiger partial charge >= 0.3 is 6.09 Å². The van der Waals surface area contributed by atoms with Gasteiger partial charge in [0.2, 0.25) is 0 Å². The Bertz CT molecular complexity index is 261. The number of nitrogens with zero attached hydrogens (tertiary/aromatic N) is 1. The number of likely N-dealkylation sites (tertiary alicyclic amines) is 1. The Hall–Kier alpha value is -0.770. The second-order valence-corrected chi connectivity index (χ2v) is 6.16. The topological polar surface area (TPSA) is 49.8 Å². The maximum absolute atomic E-state index is 11.9. The quantitative estimate of drug-likeness (QED) is 0.845. The van der Waals surface area contributed by atoms with Crippen molar-refractivity contribution in [3.8, 4) is 0 Å². The Morgan fingerprint density at radius 1 is 1.39 bits per heavy atom. The van der Waals surface area contributed by atoms with Gasteiger partial charge < -0.3 is 14.7 Å². The van der Waals surface area contributed by atoms with E-state index < -0.39 is 5.60 Å². The highest BCUT2D eigenvalue weighted by molar-refractivity contribution is 5.68. The molecule has 1 aliphatic rings. The number of carbonyl (C=O) groups excluding carboxylic acids is 1. The van der Waals surface area contributed by atoms with E-state index in [0.717, 1.165) is 32.4 Å². The Labute approximate surface area is 110 Å². The van der Waals surface area contributed by atoms with E-state index in [2.05, 4.69) is 6.92 Å². The fraction of sp³-hybridized carbons (Fsp3) is 0.929. The highest BCUT2D eigenvalue weighted by Crippen LogP contribution is 2.27. The van der Waals surface area contributed by atoms with E-state index in [4.69, 9.17) is 4.74 Å².